The summed E-state index contributed by atoms with van der Waals surface area (Å²) in [7, 11) is 0. The molecule has 0 aromatic carbocycles. The number of esters is 1. The molecule has 0 N–H and O–H groups in total. The molecule has 0 aliphatic carbocycles. The van der Waals surface area contributed by atoms with Gasteiger partial charge in [0.05, 0.1) is 12.5 Å². The predicted octanol–water partition coefficient (Wildman–Crippen LogP) is 3.95. The van der Waals surface area contributed by atoms with Crippen LogP contribution in [0.1, 0.15) is 65.7 Å². The van der Waals surface area contributed by atoms with Crippen LogP contribution in [0.25, 0.3) is 0 Å². The van der Waals surface area contributed by atoms with E-state index >= 15 is 0 Å². The van der Waals surface area contributed by atoms with E-state index in [1.54, 1.807) is 0 Å². The Labute approximate surface area is 112 Å². The number of rotatable bonds is 12. The lowest BCUT2D eigenvalue weighted by atomic mass is 10.00. The zero-order chi connectivity index (χ0) is 13.6. The van der Waals surface area contributed by atoms with Gasteiger partial charge in [-0.3, -0.25) is 4.79 Å². The van der Waals surface area contributed by atoms with Gasteiger partial charge in [-0.05, 0) is 19.3 Å². The second-order valence-corrected chi connectivity index (χ2v) is 4.73. The molecule has 0 rings (SSSR count). The fourth-order valence-electron chi connectivity index (χ4n) is 1.81. The van der Waals surface area contributed by atoms with Crippen LogP contribution < -0.4 is 0 Å². The first-order valence-corrected chi connectivity index (χ1v) is 7.50. The van der Waals surface area contributed by atoms with Crippen LogP contribution in [0, 0.1) is 5.92 Å². The van der Waals surface area contributed by atoms with Gasteiger partial charge in [0.25, 0.3) is 0 Å². The number of hydrogen-bond acceptors (Lipinski definition) is 3. The molecule has 0 aromatic rings. The molecule has 0 fully saturated rings. The molecule has 0 radical (unpaired) electrons. The first kappa shape index (κ1) is 17.4. The van der Waals surface area contributed by atoms with Crippen LogP contribution in [0.4, 0.5) is 0 Å². The number of hydrogen-bond donors (Lipinski definition) is 0. The van der Waals surface area contributed by atoms with Crippen LogP contribution in [0.15, 0.2) is 0 Å². The summed E-state index contributed by atoms with van der Waals surface area (Å²) in [5.41, 5.74) is 0. The monoisotopic (exact) mass is 258 g/mol. The lowest BCUT2D eigenvalue weighted by Crippen LogP contribution is -2.19. The van der Waals surface area contributed by atoms with Crippen molar-refractivity contribution in [2.75, 3.05) is 19.8 Å². The Morgan fingerprint density at radius 2 is 1.67 bits per heavy atom. The molecule has 18 heavy (non-hydrogen) atoms. The third kappa shape index (κ3) is 9.46. The van der Waals surface area contributed by atoms with Crippen LogP contribution >= 0.6 is 0 Å². The van der Waals surface area contributed by atoms with Crippen LogP contribution in [-0.4, -0.2) is 25.8 Å². The minimum Gasteiger partial charge on any atom is -0.463 e. The Kier molecular flexibility index (Phi) is 12.5. The van der Waals surface area contributed by atoms with E-state index in [1.165, 1.54) is 12.8 Å². The fraction of sp³-hybridized carbons (Fsp3) is 0.933. The van der Waals surface area contributed by atoms with Gasteiger partial charge < -0.3 is 9.47 Å². The molecule has 0 aliphatic heterocycles. The number of carbonyl (C=O) groups is 1. The van der Waals surface area contributed by atoms with E-state index in [0.29, 0.717) is 13.2 Å². The third-order valence-corrected chi connectivity index (χ3v) is 3.10. The van der Waals surface area contributed by atoms with E-state index in [1.807, 2.05) is 6.92 Å². The minimum absolute atomic E-state index is 0.0527. The number of ether oxygens (including phenoxy) is 2. The standard InChI is InChI=1S/C15H30O3/c1-4-7-9-11-17-12-13-18-15(16)14(6-3)10-8-5-2/h14H,4-13H2,1-3H3. The second kappa shape index (κ2) is 12.9. The van der Waals surface area contributed by atoms with Gasteiger partial charge in [-0.2, -0.15) is 0 Å². The Bertz CT molecular complexity index is 192. The first-order chi connectivity index (χ1) is 8.76. The zero-order valence-corrected chi connectivity index (χ0v) is 12.4. The van der Waals surface area contributed by atoms with Crippen molar-refractivity contribution in [1.29, 1.82) is 0 Å². The van der Waals surface area contributed by atoms with Crippen molar-refractivity contribution >= 4 is 5.97 Å². The van der Waals surface area contributed by atoms with Crippen LogP contribution in [-0.2, 0) is 14.3 Å². The predicted molar refractivity (Wildman–Crippen MR) is 74.6 cm³/mol. The molecule has 0 aliphatic rings. The Hall–Kier alpha value is -0.570. The minimum atomic E-state index is -0.0527. The second-order valence-electron chi connectivity index (χ2n) is 4.73. The van der Waals surface area contributed by atoms with Gasteiger partial charge in [-0.1, -0.05) is 46.5 Å². The van der Waals surface area contributed by atoms with E-state index in [0.717, 1.165) is 38.7 Å². The smallest absolute Gasteiger partial charge is 0.308 e. The summed E-state index contributed by atoms with van der Waals surface area (Å²) in [6.45, 7) is 8.06. The lowest BCUT2D eigenvalue weighted by Gasteiger charge is -2.13. The quantitative estimate of drug-likeness (QED) is 0.393. The van der Waals surface area contributed by atoms with Gasteiger partial charge in [0.2, 0.25) is 0 Å². The highest BCUT2D eigenvalue weighted by atomic mass is 16.6. The summed E-state index contributed by atoms with van der Waals surface area (Å²) in [6.07, 6.45) is 7.55. The fourth-order valence-corrected chi connectivity index (χ4v) is 1.81. The Morgan fingerprint density at radius 3 is 2.28 bits per heavy atom. The molecule has 0 amide bonds. The average molecular weight is 258 g/mol. The number of carbonyl (C=O) groups excluding carboxylic acids is 1. The summed E-state index contributed by atoms with van der Waals surface area (Å²) < 4.78 is 10.6. The van der Waals surface area contributed by atoms with Crippen molar-refractivity contribution in [1.82, 2.24) is 0 Å². The summed E-state index contributed by atoms with van der Waals surface area (Å²) in [6, 6.07) is 0. The molecule has 0 bridgehead atoms. The van der Waals surface area contributed by atoms with Gasteiger partial charge in [0.15, 0.2) is 0 Å². The van der Waals surface area contributed by atoms with Gasteiger partial charge in [-0.15, -0.1) is 0 Å². The first-order valence-electron chi connectivity index (χ1n) is 7.50. The van der Waals surface area contributed by atoms with Crippen molar-refractivity contribution in [2.24, 2.45) is 5.92 Å². The highest BCUT2D eigenvalue weighted by molar-refractivity contribution is 5.72. The van der Waals surface area contributed by atoms with Crippen molar-refractivity contribution in [3.63, 3.8) is 0 Å². The SMILES string of the molecule is CCCCCOCCOC(=O)C(CC)CCCC. The van der Waals surface area contributed by atoms with E-state index in [9.17, 15) is 4.79 Å². The highest BCUT2D eigenvalue weighted by Crippen LogP contribution is 2.14. The zero-order valence-electron chi connectivity index (χ0n) is 12.4. The van der Waals surface area contributed by atoms with Gasteiger partial charge in [-0.25, -0.2) is 0 Å². The molecule has 0 heterocycles. The van der Waals surface area contributed by atoms with E-state index in [2.05, 4.69) is 13.8 Å². The number of unbranched alkanes of at least 4 members (excludes halogenated alkanes) is 3. The van der Waals surface area contributed by atoms with E-state index < -0.39 is 0 Å². The summed E-state index contributed by atoms with van der Waals surface area (Å²) in [4.78, 5) is 11.7. The van der Waals surface area contributed by atoms with Gasteiger partial charge >= 0.3 is 5.97 Å². The molecule has 1 unspecified atom stereocenters. The molecule has 0 saturated carbocycles. The van der Waals surface area contributed by atoms with Crippen molar-refractivity contribution in [2.45, 2.75) is 65.7 Å². The molecular weight excluding hydrogens is 228 g/mol. The van der Waals surface area contributed by atoms with Crippen molar-refractivity contribution in [3.05, 3.63) is 0 Å². The average Bonchev–Trinajstić information content (AvgIpc) is 2.38. The van der Waals surface area contributed by atoms with Crippen LogP contribution in [0.3, 0.4) is 0 Å². The van der Waals surface area contributed by atoms with Gasteiger partial charge in [0, 0.05) is 6.61 Å². The summed E-state index contributed by atoms with van der Waals surface area (Å²) in [5, 5.41) is 0. The molecule has 108 valence electrons. The molecule has 1 atom stereocenters. The summed E-state index contributed by atoms with van der Waals surface area (Å²) in [5.74, 6) is 0.0214. The molecule has 3 nitrogen and oxygen atoms in total. The maximum Gasteiger partial charge on any atom is 0.308 e. The normalized spacial score (nSPS) is 12.4. The van der Waals surface area contributed by atoms with E-state index in [4.69, 9.17) is 9.47 Å². The molecule has 0 saturated heterocycles. The topological polar surface area (TPSA) is 35.5 Å². The largest absolute Gasteiger partial charge is 0.463 e. The van der Waals surface area contributed by atoms with Crippen molar-refractivity contribution in [3.8, 4) is 0 Å². The lowest BCUT2D eigenvalue weighted by molar-refractivity contribution is -0.150. The summed E-state index contributed by atoms with van der Waals surface area (Å²) >= 11 is 0. The third-order valence-electron chi connectivity index (χ3n) is 3.10. The Balaban J connectivity index is 3.49. The maximum absolute atomic E-state index is 11.7. The molecule has 0 aromatic heterocycles. The molecule has 0 spiro atoms. The van der Waals surface area contributed by atoms with E-state index in [-0.39, 0.29) is 11.9 Å². The van der Waals surface area contributed by atoms with Gasteiger partial charge in [0.1, 0.15) is 6.61 Å². The maximum atomic E-state index is 11.7. The van der Waals surface area contributed by atoms with Crippen LogP contribution in [0.5, 0.6) is 0 Å². The highest BCUT2D eigenvalue weighted by Gasteiger charge is 2.16. The Morgan fingerprint density at radius 1 is 0.944 bits per heavy atom. The molecular formula is C15H30O3. The molecule has 3 heteroatoms. The van der Waals surface area contributed by atoms with Crippen LogP contribution in [0.2, 0.25) is 0 Å². The van der Waals surface area contributed by atoms with Crippen molar-refractivity contribution < 1.29 is 14.3 Å².